The number of nitrogens with zero attached hydrogens (tertiary/aromatic N) is 2. The zero-order chi connectivity index (χ0) is 23.4. The van der Waals surface area contributed by atoms with Crippen LogP contribution >= 0.6 is 0 Å². The van der Waals surface area contributed by atoms with Gasteiger partial charge in [-0.2, -0.15) is 0 Å². The van der Waals surface area contributed by atoms with Crippen molar-refractivity contribution in [2.24, 2.45) is 5.92 Å². The number of carbonyl (C=O) groups excluding carboxylic acids is 1. The van der Waals surface area contributed by atoms with E-state index in [0.29, 0.717) is 36.1 Å². The molecule has 0 spiro atoms. The van der Waals surface area contributed by atoms with E-state index in [0.717, 1.165) is 6.42 Å². The topological polar surface area (TPSA) is 124 Å². The number of unbranched alkanes of at least 4 members (excludes halogenated alkanes) is 1. The second-order valence-electron chi connectivity index (χ2n) is 8.13. The molecular formula is C23H30N4O5. The molecule has 0 fully saturated rings. The third-order valence-electron chi connectivity index (χ3n) is 5.33. The van der Waals surface area contributed by atoms with Gasteiger partial charge in [0.25, 0.3) is 11.5 Å². The lowest BCUT2D eigenvalue weighted by molar-refractivity contribution is 0.0960. The highest BCUT2D eigenvalue weighted by atomic mass is 16.5. The Balaban J connectivity index is 2.13. The number of nitrogens with one attached hydrogen (secondary N) is 1. The monoisotopic (exact) mass is 442 g/mol. The van der Waals surface area contributed by atoms with Crippen LogP contribution in [0.4, 0.5) is 11.5 Å². The molecule has 3 rings (SSSR count). The van der Waals surface area contributed by atoms with Crippen LogP contribution in [-0.2, 0) is 6.54 Å². The summed E-state index contributed by atoms with van der Waals surface area (Å²) in [4.78, 5) is 42.3. The highest BCUT2D eigenvalue weighted by Gasteiger charge is 2.28. The first-order chi connectivity index (χ1) is 15.3. The maximum absolute atomic E-state index is 13.5. The Morgan fingerprint density at radius 3 is 2.72 bits per heavy atom. The molecule has 0 bridgehead atoms. The molecule has 1 aromatic carbocycles. The molecule has 172 valence electrons. The normalized spacial score (nSPS) is 11.3. The van der Waals surface area contributed by atoms with Crippen molar-refractivity contribution in [1.29, 1.82) is 0 Å². The van der Waals surface area contributed by atoms with Gasteiger partial charge in [-0.15, -0.1) is 0 Å². The van der Waals surface area contributed by atoms with Gasteiger partial charge in [-0.3, -0.25) is 24.0 Å². The van der Waals surface area contributed by atoms with Crippen LogP contribution in [0, 0.1) is 5.92 Å². The van der Waals surface area contributed by atoms with E-state index in [1.54, 1.807) is 18.2 Å². The Morgan fingerprint density at radius 1 is 1.31 bits per heavy atom. The Morgan fingerprint density at radius 2 is 2.06 bits per heavy atom. The molecule has 0 atom stereocenters. The molecular weight excluding hydrogens is 412 g/mol. The number of hydrogen-bond donors (Lipinski definition) is 2. The number of hydrogen-bond acceptors (Lipinski definition) is 6. The molecule has 0 aliphatic rings. The summed E-state index contributed by atoms with van der Waals surface area (Å²) < 4.78 is 12.4. The summed E-state index contributed by atoms with van der Waals surface area (Å²) in [5.74, 6) is 0.284. The molecule has 0 aliphatic carbocycles. The van der Waals surface area contributed by atoms with Gasteiger partial charge >= 0.3 is 5.69 Å². The van der Waals surface area contributed by atoms with Crippen molar-refractivity contribution in [3.05, 3.63) is 50.9 Å². The fraction of sp³-hybridized carbons (Fsp3) is 0.435. The van der Waals surface area contributed by atoms with Gasteiger partial charge in [0.15, 0.2) is 22.8 Å². The number of nitrogen functional groups attached to an aromatic ring is 1. The zero-order valence-electron chi connectivity index (χ0n) is 18.9. The molecule has 9 heteroatoms. The number of methoxy groups -OCH3 is 1. The van der Waals surface area contributed by atoms with Crippen molar-refractivity contribution in [3.8, 4) is 5.75 Å². The lowest BCUT2D eigenvalue weighted by Gasteiger charge is -2.24. The summed E-state index contributed by atoms with van der Waals surface area (Å²) in [6.07, 6.45) is 2.18. The van der Waals surface area contributed by atoms with Crippen LogP contribution in [0.1, 0.15) is 50.6 Å². The summed E-state index contributed by atoms with van der Waals surface area (Å²) >= 11 is 0. The number of amides is 1. The van der Waals surface area contributed by atoms with Crippen molar-refractivity contribution >= 4 is 28.4 Å². The van der Waals surface area contributed by atoms with Gasteiger partial charge in [0, 0.05) is 18.5 Å². The van der Waals surface area contributed by atoms with E-state index < -0.39 is 17.2 Å². The van der Waals surface area contributed by atoms with Crippen LogP contribution in [0.3, 0.4) is 0 Å². The van der Waals surface area contributed by atoms with Crippen LogP contribution in [-0.4, -0.2) is 29.1 Å². The third-order valence-corrected chi connectivity index (χ3v) is 5.33. The summed E-state index contributed by atoms with van der Waals surface area (Å²) in [5, 5.41) is 0.700. The lowest BCUT2D eigenvalue weighted by Crippen LogP contribution is -2.41. The highest BCUT2D eigenvalue weighted by Crippen LogP contribution is 2.30. The Hall–Kier alpha value is -3.49. The fourth-order valence-corrected chi connectivity index (χ4v) is 3.51. The van der Waals surface area contributed by atoms with Crippen LogP contribution < -0.4 is 26.6 Å². The van der Waals surface area contributed by atoms with Gasteiger partial charge in [-0.05, 0) is 30.9 Å². The van der Waals surface area contributed by atoms with E-state index in [-0.39, 0.29) is 29.7 Å². The van der Waals surface area contributed by atoms with E-state index >= 15 is 0 Å². The molecule has 32 heavy (non-hydrogen) atoms. The molecule has 3 N–H and O–H groups in total. The number of aromatic amines is 1. The predicted molar refractivity (Wildman–Crippen MR) is 125 cm³/mol. The number of rotatable bonds is 9. The van der Waals surface area contributed by atoms with E-state index in [9.17, 15) is 14.4 Å². The average Bonchev–Trinajstić information content (AvgIpc) is 3.19. The Labute approximate surface area is 185 Å². The van der Waals surface area contributed by atoms with Crippen LogP contribution in [0.5, 0.6) is 5.75 Å². The third kappa shape index (κ3) is 4.56. The quantitative estimate of drug-likeness (QED) is 0.524. The zero-order valence-corrected chi connectivity index (χ0v) is 18.9. The Bertz CT molecular complexity index is 1220. The van der Waals surface area contributed by atoms with Gasteiger partial charge in [-0.1, -0.05) is 39.3 Å². The van der Waals surface area contributed by atoms with Gasteiger partial charge in [0.05, 0.1) is 7.11 Å². The highest BCUT2D eigenvalue weighted by molar-refractivity contribution is 6.07. The molecule has 1 amide bonds. The SMILES string of the molecule is CCCCn1c(N)c(N(CCC(C)C)C(=O)c2cc3cccc(OC)c3o2)c(=O)[nH]c1=O. The van der Waals surface area contributed by atoms with Crippen molar-refractivity contribution in [2.45, 2.75) is 46.6 Å². The molecule has 2 aromatic heterocycles. The van der Waals surface area contributed by atoms with Crippen LogP contribution in [0.15, 0.2) is 38.3 Å². The second-order valence-corrected chi connectivity index (χ2v) is 8.13. The van der Waals surface area contributed by atoms with E-state index in [1.807, 2.05) is 26.8 Å². The average molecular weight is 443 g/mol. The minimum Gasteiger partial charge on any atom is -0.493 e. The first kappa shape index (κ1) is 23.2. The second kappa shape index (κ2) is 9.76. The minimum atomic E-state index is -0.703. The summed E-state index contributed by atoms with van der Waals surface area (Å²) in [7, 11) is 1.52. The van der Waals surface area contributed by atoms with Gasteiger partial charge in [-0.25, -0.2) is 4.79 Å². The van der Waals surface area contributed by atoms with Crippen LogP contribution in [0.2, 0.25) is 0 Å². The number of para-hydroxylation sites is 1. The largest absolute Gasteiger partial charge is 0.493 e. The molecule has 3 aromatic rings. The maximum Gasteiger partial charge on any atom is 0.330 e. The Kier molecular flexibility index (Phi) is 7.07. The molecule has 2 heterocycles. The van der Waals surface area contributed by atoms with Gasteiger partial charge in [0.1, 0.15) is 5.82 Å². The maximum atomic E-state index is 13.5. The number of H-pyrrole nitrogens is 1. The number of furan rings is 1. The predicted octanol–water partition coefficient (Wildman–Crippen LogP) is 3.37. The molecule has 0 aliphatic heterocycles. The van der Waals surface area contributed by atoms with Gasteiger partial charge in [0.2, 0.25) is 0 Å². The number of ether oxygens (including phenoxy) is 1. The fourth-order valence-electron chi connectivity index (χ4n) is 3.51. The molecule has 0 saturated heterocycles. The molecule has 0 radical (unpaired) electrons. The van der Waals surface area contributed by atoms with Crippen molar-refractivity contribution in [3.63, 3.8) is 0 Å². The molecule has 0 saturated carbocycles. The summed E-state index contributed by atoms with van der Waals surface area (Å²) in [6, 6.07) is 6.96. The molecule has 0 unspecified atom stereocenters. The van der Waals surface area contributed by atoms with Crippen molar-refractivity contribution < 1.29 is 13.9 Å². The number of anilines is 2. The minimum absolute atomic E-state index is 0.0296. The smallest absolute Gasteiger partial charge is 0.330 e. The summed E-state index contributed by atoms with van der Waals surface area (Å²) in [6.45, 7) is 6.61. The first-order valence-electron chi connectivity index (χ1n) is 10.8. The number of carbonyl (C=O) groups is 1. The van der Waals surface area contributed by atoms with Crippen LogP contribution in [0.25, 0.3) is 11.0 Å². The van der Waals surface area contributed by atoms with E-state index in [1.165, 1.54) is 16.6 Å². The van der Waals surface area contributed by atoms with Gasteiger partial charge < -0.3 is 14.9 Å². The number of benzene rings is 1. The van der Waals surface area contributed by atoms with E-state index in [4.69, 9.17) is 14.9 Å². The first-order valence-corrected chi connectivity index (χ1v) is 10.8. The number of nitrogens with two attached hydrogens (primary N) is 1. The lowest BCUT2D eigenvalue weighted by atomic mass is 10.1. The number of aromatic nitrogens is 2. The standard InChI is InChI=1S/C23H30N4O5/c1-5-6-11-27-20(24)18(21(28)25-23(27)30)26(12-10-14(2)3)22(29)17-13-15-8-7-9-16(31-4)19(15)32-17/h7-9,13-14H,5-6,10-12,24H2,1-4H3,(H,25,28,30). The van der Waals surface area contributed by atoms with E-state index in [2.05, 4.69) is 4.98 Å². The summed E-state index contributed by atoms with van der Waals surface area (Å²) in [5.41, 5.74) is 5.38. The van der Waals surface area contributed by atoms with Crippen molar-refractivity contribution in [2.75, 3.05) is 24.3 Å². The molecule has 9 nitrogen and oxygen atoms in total. The number of fused-ring (bicyclic) bond motifs is 1. The van der Waals surface area contributed by atoms with Crippen molar-refractivity contribution in [1.82, 2.24) is 9.55 Å².